The SMILES string of the molecule is CCc1nn(C)c(Cl)c1CN(C)C(C)Cc1cnccn1. The van der Waals surface area contributed by atoms with Crippen molar-refractivity contribution in [3.8, 4) is 0 Å². The van der Waals surface area contributed by atoms with E-state index in [4.69, 9.17) is 11.6 Å². The predicted molar refractivity (Wildman–Crippen MR) is 84.3 cm³/mol. The van der Waals surface area contributed by atoms with E-state index in [1.807, 2.05) is 13.2 Å². The molecule has 2 rings (SSSR count). The van der Waals surface area contributed by atoms with E-state index in [1.54, 1.807) is 17.1 Å². The molecule has 2 heterocycles. The van der Waals surface area contributed by atoms with Crippen LogP contribution in [0.25, 0.3) is 0 Å². The first kappa shape index (κ1) is 15.9. The van der Waals surface area contributed by atoms with Gasteiger partial charge in [-0.05, 0) is 20.4 Å². The number of hydrogen-bond donors (Lipinski definition) is 0. The van der Waals surface area contributed by atoms with Gasteiger partial charge in [0.25, 0.3) is 0 Å². The average molecular weight is 308 g/mol. The van der Waals surface area contributed by atoms with Crippen molar-refractivity contribution in [3.05, 3.63) is 40.7 Å². The van der Waals surface area contributed by atoms with Crippen LogP contribution in [-0.4, -0.2) is 37.7 Å². The van der Waals surface area contributed by atoms with Crippen LogP contribution >= 0.6 is 11.6 Å². The van der Waals surface area contributed by atoms with E-state index in [-0.39, 0.29) is 0 Å². The van der Waals surface area contributed by atoms with Crippen molar-refractivity contribution in [2.24, 2.45) is 7.05 Å². The van der Waals surface area contributed by atoms with Gasteiger partial charge in [0.1, 0.15) is 5.15 Å². The molecule has 21 heavy (non-hydrogen) atoms. The fraction of sp³-hybridized carbons (Fsp3) is 0.533. The van der Waals surface area contributed by atoms with E-state index in [2.05, 4.69) is 40.9 Å². The normalized spacial score (nSPS) is 12.9. The lowest BCUT2D eigenvalue weighted by Crippen LogP contribution is -2.31. The highest BCUT2D eigenvalue weighted by molar-refractivity contribution is 6.30. The maximum atomic E-state index is 6.35. The fourth-order valence-corrected chi connectivity index (χ4v) is 2.55. The van der Waals surface area contributed by atoms with Crippen LogP contribution in [0.5, 0.6) is 0 Å². The number of hydrogen-bond acceptors (Lipinski definition) is 4. The molecule has 0 fully saturated rings. The highest BCUT2D eigenvalue weighted by Gasteiger charge is 2.18. The van der Waals surface area contributed by atoms with Gasteiger partial charge in [0.05, 0.1) is 11.4 Å². The number of nitrogens with zero attached hydrogens (tertiary/aromatic N) is 5. The molecule has 1 atom stereocenters. The third kappa shape index (κ3) is 3.80. The molecule has 6 heteroatoms. The molecule has 0 saturated heterocycles. The molecule has 0 amide bonds. The Bertz CT molecular complexity index is 581. The van der Waals surface area contributed by atoms with Gasteiger partial charge in [-0.15, -0.1) is 0 Å². The number of aryl methyl sites for hydroxylation is 2. The van der Waals surface area contributed by atoms with Crippen LogP contribution in [0.3, 0.4) is 0 Å². The molecule has 0 saturated carbocycles. The summed E-state index contributed by atoms with van der Waals surface area (Å²) in [5.74, 6) is 0. The third-order valence-corrected chi connectivity index (χ3v) is 4.24. The van der Waals surface area contributed by atoms with Crippen LogP contribution in [-0.2, 0) is 26.4 Å². The Kier molecular flexibility index (Phi) is 5.31. The minimum absolute atomic E-state index is 0.350. The van der Waals surface area contributed by atoms with Gasteiger partial charge in [-0.25, -0.2) is 0 Å². The summed E-state index contributed by atoms with van der Waals surface area (Å²) in [6, 6.07) is 0.350. The van der Waals surface area contributed by atoms with Crippen molar-refractivity contribution < 1.29 is 0 Å². The smallest absolute Gasteiger partial charge is 0.131 e. The van der Waals surface area contributed by atoms with E-state index < -0.39 is 0 Å². The van der Waals surface area contributed by atoms with Gasteiger partial charge in [-0.1, -0.05) is 18.5 Å². The molecule has 0 aliphatic heterocycles. The highest BCUT2D eigenvalue weighted by Crippen LogP contribution is 2.22. The van der Waals surface area contributed by atoms with Crippen LogP contribution in [0.1, 0.15) is 30.8 Å². The minimum atomic E-state index is 0.350. The lowest BCUT2D eigenvalue weighted by Gasteiger charge is -2.24. The predicted octanol–water partition coefficient (Wildman–Crippen LogP) is 2.49. The summed E-state index contributed by atoms with van der Waals surface area (Å²) < 4.78 is 1.75. The Hall–Kier alpha value is -1.46. The number of likely N-dealkylation sites (N-methyl/N-ethyl adjacent to an activating group) is 1. The van der Waals surface area contributed by atoms with Gasteiger partial charge >= 0.3 is 0 Å². The van der Waals surface area contributed by atoms with Gasteiger partial charge in [-0.2, -0.15) is 5.10 Å². The second kappa shape index (κ2) is 7.00. The molecule has 0 spiro atoms. The zero-order valence-electron chi connectivity index (χ0n) is 13.0. The lowest BCUT2D eigenvalue weighted by atomic mass is 10.1. The molecule has 0 bridgehead atoms. The Labute approximate surface area is 131 Å². The summed E-state index contributed by atoms with van der Waals surface area (Å²) in [6.07, 6.45) is 7.00. The fourth-order valence-electron chi connectivity index (χ4n) is 2.34. The standard InChI is InChI=1S/C15H22ClN5/c1-5-14-13(15(16)21(4)19-14)10-20(3)11(2)8-12-9-17-6-7-18-12/h6-7,9,11H,5,8,10H2,1-4H3. The summed E-state index contributed by atoms with van der Waals surface area (Å²) in [6.45, 7) is 5.08. The quantitative estimate of drug-likeness (QED) is 0.822. The van der Waals surface area contributed by atoms with E-state index in [0.29, 0.717) is 6.04 Å². The van der Waals surface area contributed by atoms with Crippen LogP contribution in [0, 0.1) is 0 Å². The second-order valence-electron chi connectivity index (χ2n) is 5.36. The van der Waals surface area contributed by atoms with Crippen LogP contribution in [0.4, 0.5) is 0 Å². The Morgan fingerprint density at radius 2 is 2.14 bits per heavy atom. The van der Waals surface area contributed by atoms with Crippen molar-refractivity contribution in [3.63, 3.8) is 0 Å². The van der Waals surface area contributed by atoms with Gasteiger partial charge in [0, 0.05) is 50.2 Å². The van der Waals surface area contributed by atoms with Crippen molar-refractivity contribution >= 4 is 11.6 Å². The molecule has 2 aromatic heterocycles. The lowest BCUT2D eigenvalue weighted by molar-refractivity contribution is 0.246. The molecule has 1 unspecified atom stereocenters. The molecule has 0 N–H and O–H groups in total. The molecule has 5 nitrogen and oxygen atoms in total. The first-order valence-corrected chi connectivity index (χ1v) is 7.56. The largest absolute Gasteiger partial charge is 0.299 e. The monoisotopic (exact) mass is 307 g/mol. The number of aromatic nitrogens is 4. The zero-order valence-corrected chi connectivity index (χ0v) is 13.8. The van der Waals surface area contributed by atoms with Crippen molar-refractivity contribution in [2.45, 2.75) is 39.3 Å². The van der Waals surface area contributed by atoms with Crippen LogP contribution < -0.4 is 0 Å². The van der Waals surface area contributed by atoms with E-state index in [1.165, 1.54) is 0 Å². The van der Waals surface area contributed by atoms with Crippen molar-refractivity contribution in [2.75, 3.05) is 7.05 Å². The average Bonchev–Trinajstić information content (AvgIpc) is 2.76. The van der Waals surface area contributed by atoms with Gasteiger partial charge in [0.2, 0.25) is 0 Å². The summed E-state index contributed by atoms with van der Waals surface area (Å²) in [5.41, 5.74) is 3.20. The molecular weight excluding hydrogens is 286 g/mol. The number of rotatable bonds is 6. The topological polar surface area (TPSA) is 46.8 Å². The summed E-state index contributed by atoms with van der Waals surface area (Å²) in [7, 11) is 3.98. The zero-order chi connectivity index (χ0) is 15.4. The van der Waals surface area contributed by atoms with E-state index in [9.17, 15) is 0 Å². The molecule has 0 aliphatic carbocycles. The van der Waals surface area contributed by atoms with Crippen LogP contribution in [0.15, 0.2) is 18.6 Å². The summed E-state index contributed by atoms with van der Waals surface area (Å²) in [5, 5.41) is 5.19. The molecule has 2 aromatic rings. The Morgan fingerprint density at radius 3 is 2.76 bits per heavy atom. The number of halogens is 1. The second-order valence-corrected chi connectivity index (χ2v) is 5.72. The Morgan fingerprint density at radius 1 is 1.38 bits per heavy atom. The van der Waals surface area contributed by atoms with Crippen LogP contribution in [0.2, 0.25) is 5.15 Å². The van der Waals surface area contributed by atoms with Gasteiger partial charge < -0.3 is 0 Å². The molecular formula is C15H22ClN5. The molecule has 0 aromatic carbocycles. The first-order valence-electron chi connectivity index (χ1n) is 7.18. The summed E-state index contributed by atoms with van der Waals surface area (Å²) in [4.78, 5) is 10.7. The highest BCUT2D eigenvalue weighted by atomic mass is 35.5. The van der Waals surface area contributed by atoms with Gasteiger partial charge in [0.15, 0.2) is 0 Å². The molecule has 0 aliphatic rings. The first-order chi connectivity index (χ1) is 10.0. The molecule has 0 radical (unpaired) electrons. The molecule has 114 valence electrons. The Balaban J connectivity index is 2.05. The maximum Gasteiger partial charge on any atom is 0.131 e. The van der Waals surface area contributed by atoms with Crippen molar-refractivity contribution in [1.82, 2.24) is 24.6 Å². The third-order valence-electron chi connectivity index (χ3n) is 3.77. The minimum Gasteiger partial charge on any atom is -0.299 e. The van der Waals surface area contributed by atoms with Gasteiger partial charge in [-0.3, -0.25) is 19.5 Å². The van der Waals surface area contributed by atoms with E-state index >= 15 is 0 Å². The maximum absolute atomic E-state index is 6.35. The summed E-state index contributed by atoms with van der Waals surface area (Å²) >= 11 is 6.35. The van der Waals surface area contributed by atoms with Crippen molar-refractivity contribution in [1.29, 1.82) is 0 Å². The van der Waals surface area contributed by atoms with E-state index in [0.717, 1.165) is 41.5 Å².